The minimum absolute atomic E-state index is 0.0559. The number of aromatic carboxylic acids is 1. The second kappa shape index (κ2) is 7.27. The molecule has 10 heteroatoms. The van der Waals surface area contributed by atoms with Crippen LogP contribution in [0.15, 0.2) is 46.9 Å². The molecule has 3 heterocycles. The third kappa shape index (κ3) is 2.91. The van der Waals surface area contributed by atoms with Crippen LogP contribution in [0.3, 0.4) is 0 Å². The molecule has 1 aromatic carbocycles. The number of furan rings is 2. The maximum Gasteiger partial charge on any atom is 0.340 e. The van der Waals surface area contributed by atoms with Gasteiger partial charge in [0.25, 0.3) is 11.8 Å². The number of hydrogen-bond acceptors (Lipinski definition) is 5. The highest BCUT2D eigenvalue weighted by Crippen LogP contribution is 2.38. The zero-order chi connectivity index (χ0) is 21.5. The molecule has 3 N–H and O–H groups in total. The highest BCUT2D eigenvalue weighted by molar-refractivity contribution is 7.39. The summed E-state index contributed by atoms with van der Waals surface area (Å²) < 4.78 is 5.25. The predicted molar refractivity (Wildman–Crippen MR) is 109 cm³/mol. The van der Waals surface area contributed by atoms with E-state index < -0.39 is 29.1 Å². The molecule has 0 aliphatic carbocycles. The van der Waals surface area contributed by atoms with E-state index in [4.69, 9.17) is 4.42 Å². The molecule has 1 aliphatic heterocycles. The molecule has 0 saturated carbocycles. The fourth-order valence-corrected chi connectivity index (χ4v) is 4.26. The van der Waals surface area contributed by atoms with Crippen molar-refractivity contribution in [1.82, 2.24) is 15.5 Å². The normalized spacial score (nSPS) is 18.9. The molecular formula is C20H16N3O6P. The molecule has 0 spiro atoms. The highest BCUT2D eigenvalue weighted by Gasteiger charge is 2.50. The lowest BCUT2D eigenvalue weighted by molar-refractivity contribution is -0.128. The van der Waals surface area contributed by atoms with Gasteiger partial charge in [-0.3, -0.25) is 14.5 Å². The van der Waals surface area contributed by atoms with Gasteiger partial charge in [0.05, 0.1) is 0 Å². The van der Waals surface area contributed by atoms with Crippen LogP contribution in [0.1, 0.15) is 26.3 Å². The van der Waals surface area contributed by atoms with Crippen LogP contribution >= 0.6 is 8.20 Å². The average molecular weight is 425 g/mol. The molecule has 1 aliphatic rings. The van der Waals surface area contributed by atoms with Crippen molar-refractivity contribution in [2.75, 3.05) is 13.1 Å². The van der Waals surface area contributed by atoms with Crippen molar-refractivity contribution in [2.24, 2.45) is 0 Å². The Hall–Kier alpha value is -3.71. The van der Waals surface area contributed by atoms with Crippen LogP contribution in [0.4, 0.5) is 4.79 Å². The first kappa shape index (κ1) is 19.6. The summed E-state index contributed by atoms with van der Waals surface area (Å²) in [7, 11) is 0.402. The van der Waals surface area contributed by atoms with E-state index >= 15 is 0 Å². The molecule has 4 rings (SSSR count). The van der Waals surface area contributed by atoms with E-state index in [2.05, 4.69) is 16.9 Å². The molecule has 2 aromatic heterocycles. The zero-order valence-electron chi connectivity index (χ0n) is 15.5. The van der Waals surface area contributed by atoms with E-state index in [1.54, 1.807) is 30.3 Å². The van der Waals surface area contributed by atoms with Crippen LogP contribution in [0, 0.1) is 0 Å². The fourth-order valence-electron chi connectivity index (χ4n) is 3.50. The molecule has 152 valence electrons. The molecule has 30 heavy (non-hydrogen) atoms. The van der Waals surface area contributed by atoms with Crippen LogP contribution < -0.4 is 10.6 Å². The minimum Gasteiger partial charge on any atom is -0.478 e. The monoisotopic (exact) mass is 425 g/mol. The first-order valence-corrected chi connectivity index (χ1v) is 10.0. The summed E-state index contributed by atoms with van der Waals surface area (Å²) >= 11 is 0. The Kier molecular flexibility index (Phi) is 4.75. The SMILES string of the molecule is C=PC1(c2ccccc2)NC(=O)N(CCNC(=O)c2c(C(=O)O)c3ccc2o3)C1=O. The maximum atomic E-state index is 13.0. The third-order valence-electron chi connectivity index (χ3n) is 4.93. The second-order valence-corrected chi connectivity index (χ2v) is 7.58. The van der Waals surface area contributed by atoms with Gasteiger partial charge in [-0.15, -0.1) is 0 Å². The Bertz CT molecular complexity index is 1170. The van der Waals surface area contributed by atoms with Crippen molar-refractivity contribution in [3.05, 3.63) is 59.2 Å². The number of carbonyl (C=O) groups is 4. The quantitative estimate of drug-likeness (QED) is 0.393. The van der Waals surface area contributed by atoms with Crippen LogP contribution in [0.2, 0.25) is 0 Å². The lowest BCUT2D eigenvalue weighted by Gasteiger charge is -2.22. The summed E-state index contributed by atoms with van der Waals surface area (Å²) in [5.74, 6) is -2.39. The summed E-state index contributed by atoms with van der Waals surface area (Å²) in [5.41, 5.74) is 0.598. The third-order valence-corrected chi connectivity index (χ3v) is 5.96. The Morgan fingerprint density at radius 1 is 1.13 bits per heavy atom. The van der Waals surface area contributed by atoms with Crippen molar-refractivity contribution < 1.29 is 28.7 Å². The van der Waals surface area contributed by atoms with E-state index in [0.29, 0.717) is 13.8 Å². The molecule has 2 bridgehead atoms. The summed E-state index contributed by atoms with van der Waals surface area (Å²) in [5, 5.41) is 13.3. The molecule has 1 fully saturated rings. The van der Waals surface area contributed by atoms with Crippen molar-refractivity contribution in [3.8, 4) is 0 Å². The Labute approximate surface area is 171 Å². The van der Waals surface area contributed by atoms with Crippen molar-refractivity contribution in [2.45, 2.75) is 5.28 Å². The van der Waals surface area contributed by atoms with Crippen molar-refractivity contribution in [1.29, 1.82) is 0 Å². The van der Waals surface area contributed by atoms with Gasteiger partial charge < -0.3 is 20.2 Å². The van der Waals surface area contributed by atoms with Gasteiger partial charge in [0.15, 0.2) is 5.28 Å². The van der Waals surface area contributed by atoms with Gasteiger partial charge in [-0.25, -0.2) is 9.59 Å². The molecule has 1 saturated heterocycles. The molecule has 0 radical (unpaired) electrons. The summed E-state index contributed by atoms with van der Waals surface area (Å²) in [4.78, 5) is 50.4. The molecular weight excluding hydrogens is 409 g/mol. The Morgan fingerprint density at radius 2 is 1.80 bits per heavy atom. The molecule has 1 unspecified atom stereocenters. The topological polar surface area (TPSA) is 129 Å². The van der Waals surface area contributed by atoms with E-state index in [9.17, 15) is 24.3 Å². The number of carboxylic acid groups (broad SMARTS) is 1. The number of carbonyl (C=O) groups excluding carboxylic acids is 3. The number of urea groups is 1. The molecule has 1 atom stereocenters. The zero-order valence-corrected chi connectivity index (χ0v) is 16.4. The van der Waals surface area contributed by atoms with Gasteiger partial charge in [0, 0.05) is 13.1 Å². The average Bonchev–Trinajstić information content (AvgIpc) is 3.42. The van der Waals surface area contributed by atoms with Gasteiger partial charge in [0.1, 0.15) is 22.3 Å². The van der Waals surface area contributed by atoms with Gasteiger partial charge in [-0.1, -0.05) is 44.8 Å². The van der Waals surface area contributed by atoms with Crippen LogP contribution in [-0.4, -0.2) is 53.2 Å². The van der Waals surface area contributed by atoms with E-state index in [1.165, 1.54) is 12.1 Å². The number of benzene rings is 2. The number of hydrogen-bond donors (Lipinski definition) is 3. The first-order valence-electron chi connectivity index (χ1n) is 8.93. The van der Waals surface area contributed by atoms with E-state index in [0.717, 1.165) is 4.90 Å². The molecule has 3 aromatic rings. The van der Waals surface area contributed by atoms with Gasteiger partial charge in [-0.2, -0.15) is 0 Å². The first-order chi connectivity index (χ1) is 14.4. The van der Waals surface area contributed by atoms with E-state index in [1.807, 2.05) is 0 Å². The minimum atomic E-state index is -1.28. The second-order valence-electron chi connectivity index (χ2n) is 6.60. The van der Waals surface area contributed by atoms with Crippen molar-refractivity contribution in [3.63, 3.8) is 0 Å². The number of rotatable bonds is 7. The largest absolute Gasteiger partial charge is 0.478 e. The highest BCUT2D eigenvalue weighted by atomic mass is 31.1. The molecule has 9 nitrogen and oxygen atoms in total. The number of nitrogens with zero attached hydrogens (tertiary/aromatic N) is 1. The maximum absolute atomic E-state index is 13.0. The summed E-state index contributed by atoms with van der Waals surface area (Å²) in [6.07, 6.45) is 3.80. The Balaban J connectivity index is 1.47. The lowest BCUT2D eigenvalue weighted by atomic mass is 10.1. The fraction of sp³-hybridized carbons (Fsp3) is 0.150. The smallest absolute Gasteiger partial charge is 0.340 e. The number of amides is 4. The standard InChI is InChI=1S/C20H16N3O6P/c1-30-20(11-5-3-2-4-6-11)18(27)23(19(28)22-20)10-9-21-16(24)14-12-7-8-13(29-12)15(14)17(25)26/h2-8H,1,9-10H2,(H,21,24)(H,22,28)(H,25,26). The summed E-state index contributed by atoms with van der Waals surface area (Å²) in [6.45, 7) is -0.140. The molecule has 4 amide bonds. The van der Waals surface area contributed by atoms with Crippen LogP contribution in [0.5, 0.6) is 0 Å². The predicted octanol–water partition coefficient (Wildman–Crippen LogP) is 2.08. The lowest BCUT2D eigenvalue weighted by Crippen LogP contribution is -2.40. The van der Waals surface area contributed by atoms with Gasteiger partial charge in [-0.05, 0) is 17.7 Å². The van der Waals surface area contributed by atoms with E-state index in [-0.39, 0.29) is 35.4 Å². The van der Waals surface area contributed by atoms with Gasteiger partial charge >= 0.3 is 12.0 Å². The number of fused-ring (bicyclic) bond motifs is 2. The summed E-state index contributed by atoms with van der Waals surface area (Å²) in [6, 6.07) is 11.2. The number of imide groups is 1. The number of carboxylic acids is 1. The van der Waals surface area contributed by atoms with Crippen molar-refractivity contribution >= 4 is 49.5 Å². The number of nitrogens with one attached hydrogen (secondary N) is 2. The van der Waals surface area contributed by atoms with Crippen LogP contribution in [0.25, 0.3) is 11.2 Å². The van der Waals surface area contributed by atoms with Crippen LogP contribution in [-0.2, 0) is 10.1 Å². The van der Waals surface area contributed by atoms with Gasteiger partial charge in [0.2, 0.25) is 0 Å². The Morgan fingerprint density at radius 3 is 2.43 bits per heavy atom.